The molecular formula is C7H7ClO4S. The third-order valence-corrected chi connectivity index (χ3v) is 2.79. The van der Waals surface area contributed by atoms with Crippen LogP contribution in [0.15, 0.2) is 29.2 Å². The van der Waals surface area contributed by atoms with Gasteiger partial charge in [0.1, 0.15) is 0 Å². The van der Waals surface area contributed by atoms with Crippen LogP contribution in [0.3, 0.4) is 0 Å². The molecule has 0 bridgehead atoms. The average Bonchev–Trinajstić information content (AvgIpc) is 2.03. The molecule has 0 aromatic heterocycles. The summed E-state index contributed by atoms with van der Waals surface area (Å²) in [7, 11) is 1.24. The van der Waals surface area contributed by atoms with Gasteiger partial charge in [-0.2, -0.15) is 0 Å². The standard InChI is InChI=1S/C7H7ClO4S/c8-13(11,12)6-3-1-2-5(4-6)7(9)10/h1-4,7,9-10H. The quantitative estimate of drug-likeness (QED) is 0.568. The van der Waals surface area contributed by atoms with E-state index < -0.39 is 15.3 Å². The molecule has 4 nitrogen and oxygen atoms in total. The molecule has 2 N–H and O–H groups in total. The van der Waals surface area contributed by atoms with Gasteiger partial charge in [-0.15, -0.1) is 0 Å². The largest absolute Gasteiger partial charge is 0.364 e. The highest BCUT2D eigenvalue weighted by molar-refractivity contribution is 8.13. The second-order valence-electron chi connectivity index (χ2n) is 2.38. The number of aliphatic hydroxyl groups is 2. The maximum atomic E-state index is 10.8. The van der Waals surface area contributed by atoms with Crippen molar-refractivity contribution in [3.8, 4) is 0 Å². The van der Waals surface area contributed by atoms with Crippen molar-refractivity contribution in [3.05, 3.63) is 29.8 Å². The van der Waals surface area contributed by atoms with Gasteiger partial charge < -0.3 is 10.2 Å². The smallest absolute Gasteiger partial charge is 0.261 e. The molecule has 0 radical (unpaired) electrons. The van der Waals surface area contributed by atoms with E-state index in [1.54, 1.807) is 0 Å². The Kier molecular flexibility index (Phi) is 2.92. The van der Waals surface area contributed by atoms with Crippen LogP contribution in [0.4, 0.5) is 0 Å². The summed E-state index contributed by atoms with van der Waals surface area (Å²) >= 11 is 0. The number of halogens is 1. The molecule has 13 heavy (non-hydrogen) atoms. The minimum absolute atomic E-state index is 0.0849. The highest BCUT2D eigenvalue weighted by Gasteiger charge is 2.11. The van der Waals surface area contributed by atoms with E-state index >= 15 is 0 Å². The topological polar surface area (TPSA) is 74.6 Å². The number of rotatable bonds is 2. The molecule has 1 rings (SSSR count). The minimum Gasteiger partial charge on any atom is -0.364 e. The second kappa shape index (κ2) is 3.63. The molecule has 72 valence electrons. The van der Waals surface area contributed by atoms with Crippen molar-refractivity contribution >= 4 is 19.7 Å². The van der Waals surface area contributed by atoms with Gasteiger partial charge >= 0.3 is 0 Å². The predicted molar refractivity (Wildman–Crippen MR) is 46.7 cm³/mol. The summed E-state index contributed by atoms with van der Waals surface area (Å²) in [6.07, 6.45) is -1.70. The van der Waals surface area contributed by atoms with E-state index in [-0.39, 0.29) is 10.5 Å². The normalized spacial score (nSPS) is 12.0. The molecule has 0 spiro atoms. The lowest BCUT2D eigenvalue weighted by Gasteiger charge is -2.03. The molecule has 0 fully saturated rings. The first-order chi connectivity index (χ1) is 5.91. The van der Waals surface area contributed by atoms with Crippen LogP contribution >= 0.6 is 10.7 Å². The summed E-state index contributed by atoms with van der Waals surface area (Å²) in [6, 6.07) is 5.14. The third-order valence-electron chi connectivity index (χ3n) is 1.44. The zero-order valence-electron chi connectivity index (χ0n) is 6.38. The zero-order valence-corrected chi connectivity index (χ0v) is 7.96. The van der Waals surface area contributed by atoms with Crippen LogP contribution in [0.1, 0.15) is 11.9 Å². The average molecular weight is 223 g/mol. The molecule has 1 aromatic carbocycles. The summed E-state index contributed by atoms with van der Waals surface area (Å²) in [4.78, 5) is -0.153. The highest BCUT2D eigenvalue weighted by atomic mass is 35.7. The van der Waals surface area contributed by atoms with Gasteiger partial charge in [0.15, 0.2) is 6.29 Å². The maximum absolute atomic E-state index is 10.8. The van der Waals surface area contributed by atoms with E-state index in [1.807, 2.05) is 0 Å². The number of hydrogen-bond donors (Lipinski definition) is 2. The first-order valence-corrected chi connectivity index (χ1v) is 5.63. The van der Waals surface area contributed by atoms with Crippen LogP contribution in [-0.4, -0.2) is 18.6 Å². The van der Waals surface area contributed by atoms with E-state index in [9.17, 15) is 8.42 Å². The molecule has 0 atom stereocenters. The summed E-state index contributed by atoms with van der Waals surface area (Å²) in [5, 5.41) is 17.5. The van der Waals surface area contributed by atoms with Crippen LogP contribution in [0.2, 0.25) is 0 Å². The first kappa shape index (κ1) is 10.5. The van der Waals surface area contributed by atoms with Crippen LogP contribution in [-0.2, 0) is 9.05 Å². The lowest BCUT2D eigenvalue weighted by molar-refractivity contribution is -0.0426. The number of benzene rings is 1. The van der Waals surface area contributed by atoms with Gasteiger partial charge in [-0.3, -0.25) is 0 Å². The highest BCUT2D eigenvalue weighted by Crippen LogP contribution is 2.18. The Morgan fingerprint density at radius 3 is 2.38 bits per heavy atom. The summed E-state index contributed by atoms with van der Waals surface area (Å²) in [5.74, 6) is 0. The van der Waals surface area contributed by atoms with Crippen molar-refractivity contribution in [2.45, 2.75) is 11.2 Å². The van der Waals surface area contributed by atoms with E-state index in [0.717, 1.165) is 6.07 Å². The Morgan fingerprint density at radius 1 is 1.31 bits per heavy atom. The molecule has 0 saturated carbocycles. The van der Waals surface area contributed by atoms with Crippen molar-refractivity contribution < 1.29 is 18.6 Å². The van der Waals surface area contributed by atoms with E-state index in [4.69, 9.17) is 20.9 Å². The maximum Gasteiger partial charge on any atom is 0.261 e. The monoisotopic (exact) mass is 222 g/mol. The Labute approximate surface area is 79.8 Å². The molecular weight excluding hydrogens is 216 g/mol. The molecule has 0 aliphatic heterocycles. The fraction of sp³-hybridized carbons (Fsp3) is 0.143. The fourth-order valence-corrected chi connectivity index (χ4v) is 1.63. The van der Waals surface area contributed by atoms with Crippen molar-refractivity contribution in [3.63, 3.8) is 0 Å². The SMILES string of the molecule is O=S(=O)(Cl)c1cccc(C(O)O)c1. The molecule has 0 saturated heterocycles. The Hall–Kier alpha value is -0.620. The molecule has 0 aliphatic carbocycles. The van der Waals surface area contributed by atoms with Gasteiger partial charge in [-0.05, 0) is 12.1 Å². The minimum atomic E-state index is -3.81. The second-order valence-corrected chi connectivity index (χ2v) is 4.95. The van der Waals surface area contributed by atoms with E-state index in [2.05, 4.69) is 0 Å². The molecule has 1 aromatic rings. The molecule has 0 unspecified atom stereocenters. The van der Waals surface area contributed by atoms with Crippen molar-refractivity contribution in [2.75, 3.05) is 0 Å². The Bertz CT molecular complexity index is 399. The third kappa shape index (κ3) is 2.67. The van der Waals surface area contributed by atoms with Crippen LogP contribution in [0.25, 0.3) is 0 Å². The van der Waals surface area contributed by atoms with Gasteiger partial charge in [0, 0.05) is 16.2 Å². The van der Waals surface area contributed by atoms with Crippen molar-refractivity contribution in [1.29, 1.82) is 0 Å². The summed E-state index contributed by atoms with van der Waals surface area (Å²) in [5.41, 5.74) is 0.0849. The predicted octanol–water partition coefficient (Wildman–Crippen LogP) is 0.597. The van der Waals surface area contributed by atoms with E-state index in [1.165, 1.54) is 18.2 Å². The Balaban J connectivity index is 3.21. The molecule has 6 heteroatoms. The zero-order chi connectivity index (χ0) is 10.1. The molecule has 0 aliphatic rings. The van der Waals surface area contributed by atoms with Gasteiger partial charge in [-0.25, -0.2) is 8.42 Å². The van der Waals surface area contributed by atoms with Crippen molar-refractivity contribution in [1.82, 2.24) is 0 Å². The van der Waals surface area contributed by atoms with Crippen molar-refractivity contribution in [2.24, 2.45) is 0 Å². The van der Waals surface area contributed by atoms with Crippen LogP contribution in [0.5, 0.6) is 0 Å². The lowest BCUT2D eigenvalue weighted by Crippen LogP contribution is -1.97. The fourth-order valence-electron chi connectivity index (χ4n) is 0.827. The Morgan fingerprint density at radius 2 is 1.92 bits per heavy atom. The van der Waals surface area contributed by atoms with Crippen LogP contribution in [0, 0.1) is 0 Å². The van der Waals surface area contributed by atoms with E-state index in [0.29, 0.717) is 0 Å². The molecule has 0 heterocycles. The molecule has 0 amide bonds. The van der Waals surface area contributed by atoms with Gasteiger partial charge in [0.05, 0.1) is 4.90 Å². The number of hydrogen-bond acceptors (Lipinski definition) is 4. The van der Waals surface area contributed by atoms with Crippen LogP contribution < -0.4 is 0 Å². The van der Waals surface area contributed by atoms with Gasteiger partial charge in [-0.1, -0.05) is 12.1 Å². The summed E-state index contributed by atoms with van der Waals surface area (Å²) in [6.45, 7) is 0. The van der Waals surface area contributed by atoms with Gasteiger partial charge in [0.25, 0.3) is 9.05 Å². The number of aliphatic hydroxyl groups excluding tert-OH is 1. The lowest BCUT2D eigenvalue weighted by atomic mass is 10.2. The van der Waals surface area contributed by atoms with Gasteiger partial charge in [0.2, 0.25) is 0 Å². The first-order valence-electron chi connectivity index (χ1n) is 3.32. The summed E-state index contributed by atoms with van der Waals surface area (Å²) < 4.78 is 21.6.